The predicted molar refractivity (Wildman–Crippen MR) is 92.2 cm³/mol. The predicted octanol–water partition coefficient (Wildman–Crippen LogP) is 4.62. The molecule has 0 N–H and O–H groups in total. The maximum Gasteiger partial charge on any atom is 0.256 e. The summed E-state index contributed by atoms with van der Waals surface area (Å²) in [6.45, 7) is 2.50. The van der Waals surface area contributed by atoms with Crippen molar-refractivity contribution in [1.29, 1.82) is 0 Å². The van der Waals surface area contributed by atoms with Gasteiger partial charge in [-0.25, -0.2) is 0 Å². The number of hydrogen-bond donors (Lipinski definition) is 0. The van der Waals surface area contributed by atoms with Crippen LogP contribution in [0.15, 0.2) is 60.7 Å². The molecule has 0 saturated heterocycles. The molecule has 0 aliphatic heterocycles. The number of benzene rings is 2. The summed E-state index contributed by atoms with van der Waals surface area (Å²) >= 11 is 11.6. The first kappa shape index (κ1) is 16.9. The molecule has 0 aliphatic carbocycles. The Morgan fingerprint density at radius 1 is 1.00 bits per heavy atom. The monoisotopic (exact) mass is 335 g/mol. The minimum Gasteiger partial charge on any atom is -0.333 e. The van der Waals surface area contributed by atoms with Crippen molar-refractivity contribution in [3.05, 3.63) is 71.8 Å². The van der Waals surface area contributed by atoms with E-state index in [1.54, 1.807) is 4.90 Å². The van der Waals surface area contributed by atoms with Crippen LogP contribution >= 0.6 is 23.2 Å². The minimum atomic E-state index is -1.04. The van der Waals surface area contributed by atoms with Gasteiger partial charge in [0.25, 0.3) is 5.91 Å². The normalized spacial score (nSPS) is 12.2. The highest BCUT2D eigenvalue weighted by Crippen LogP contribution is 2.27. The van der Waals surface area contributed by atoms with Gasteiger partial charge in [0.05, 0.1) is 6.04 Å². The number of carbonyl (C=O) groups is 1. The van der Waals surface area contributed by atoms with Gasteiger partial charge >= 0.3 is 0 Å². The third kappa shape index (κ3) is 4.25. The van der Waals surface area contributed by atoms with E-state index in [1.807, 2.05) is 55.5 Å². The second-order valence-electron chi connectivity index (χ2n) is 5.04. The Hall–Kier alpha value is -1.51. The lowest BCUT2D eigenvalue weighted by atomic mass is 9.97. The molecule has 0 radical (unpaired) electrons. The molecule has 0 aliphatic rings. The summed E-state index contributed by atoms with van der Waals surface area (Å²) in [6, 6.07) is 20.0. The SMILES string of the molecule is CCN(C(=O)C(Cl)Cl)C(Cc1ccccc1)c1ccccc1. The molecular formula is C18H19Cl2NO. The second-order valence-corrected chi connectivity index (χ2v) is 6.14. The number of rotatable bonds is 6. The zero-order valence-corrected chi connectivity index (χ0v) is 14.0. The molecule has 0 spiro atoms. The number of nitrogens with zero attached hydrogens (tertiary/aromatic N) is 1. The van der Waals surface area contributed by atoms with E-state index in [-0.39, 0.29) is 11.9 Å². The van der Waals surface area contributed by atoms with E-state index >= 15 is 0 Å². The van der Waals surface area contributed by atoms with Crippen LogP contribution < -0.4 is 0 Å². The fourth-order valence-corrected chi connectivity index (χ4v) is 2.83. The summed E-state index contributed by atoms with van der Waals surface area (Å²) in [5.41, 5.74) is 2.25. The van der Waals surface area contributed by atoms with Crippen LogP contribution in [0.4, 0.5) is 0 Å². The van der Waals surface area contributed by atoms with Crippen molar-refractivity contribution in [3.63, 3.8) is 0 Å². The highest BCUT2D eigenvalue weighted by molar-refractivity contribution is 6.53. The molecule has 2 aromatic rings. The quantitative estimate of drug-likeness (QED) is 0.705. The van der Waals surface area contributed by atoms with Crippen molar-refractivity contribution in [2.75, 3.05) is 6.54 Å². The molecular weight excluding hydrogens is 317 g/mol. The highest BCUT2D eigenvalue weighted by atomic mass is 35.5. The van der Waals surface area contributed by atoms with E-state index in [9.17, 15) is 4.79 Å². The molecule has 1 atom stereocenters. The van der Waals surface area contributed by atoms with Gasteiger partial charge in [-0.1, -0.05) is 83.9 Å². The molecule has 0 heterocycles. The zero-order valence-electron chi connectivity index (χ0n) is 12.5. The third-order valence-electron chi connectivity index (χ3n) is 3.64. The van der Waals surface area contributed by atoms with Gasteiger partial charge in [0.1, 0.15) is 0 Å². The summed E-state index contributed by atoms with van der Waals surface area (Å²) < 4.78 is 0. The lowest BCUT2D eigenvalue weighted by Gasteiger charge is -2.32. The molecule has 2 rings (SSSR count). The summed E-state index contributed by atoms with van der Waals surface area (Å²) in [6.07, 6.45) is 0.727. The summed E-state index contributed by atoms with van der Waals surface area (Å²) in [4.78, 5) is 13.0. The molecule has 1 unspecified atom stereocenters. The first-order chi connectivity index (χ1) is 10.6. The summed E-state index contributed by atoms with van der Waals surface area (Å²) in [5.74, 6) is -0.254. The Balaban J connectivity index is 2.34. The first-order valence-corrected chi connectivity index (χ1v) is 8.18. The van der Waals surface area contributed by atoms with Gasteiger partial charge < -0.3 is 4.90 Å². The topological polar surface area (TPSA) is 20.3 Å². The van der Waals surface area contributed by atoms with Crippen LogP contribution in [0.3, 0.4) is 0 Å². The van der Waals surface area contributed by atoms with Crippen LogP contribution in [-0.2, 0) is 11.2 Å². The van der Waals surface area contributed by atoms with E-state index in [0.717, 1.165) is 12.0 Å². The Bertz CT molecular complexity index is 587. The van der Waals surface area contributed by atoms with Crippen molar-refractivity contribution in [2.24, 2.45) is 0 Å². The van der Waals surface area contributed by atoms with Gasteiger partial charge in [0.2, 0.25) is 0 Å². The van der Waals surface area contributed by atoms with Crippen molar-refractivity contribution in [2.45, 2.75) is 24.2 Å². The average molecular weight is 336 g/mol. The number of alkyl halides is 2. The first-order valence-electron chi connectivity index (χ1n) is 7.31. The highest BCUT2D eigenvalue weighted by Gasteiger charge is 2.27. The molecule has 22 heavy (non-hydrogen) atoms. The fourth-order valence-electron chi connectivity index (χ4n) is 2.58. The maximum atomic E-state index is 12.3. The Labute approximate surface area is 141 Å². The molecule has 0 saturated carbocycles. The van der Waals surface area contributed by atoms with Gasteiger partial charge in [-0.3, -0.25) is 4.79 Å². The molecule has 0 aromatic heterocycles. The van der Waals surface area contributed by atoms with E-state index in [0.29, 0.717) is 6.54 Å². The number of hydrogen-bond acceptors (Lipinski definition) is 1. The maximum absolute atomic E-state index is 12.3. The molecule has 0 bridgehead atoms. The van der Waals surface area contributed by atoms with Crippen LogP contribution in [0, 0.1) is 0 Å². The minimum absolute atomic E-state index is 0.0823. The lowest BCUT2D eigenvalue weighted by molar-refractivity contribution is -0.131. The van der Waals surface area contributed by atoms with Crippen LogP contribution in [0.2, 0.25) is 0 Å². The average Bonchev–Trinajstić information content (AvgIpc) is 2.56. The Kier molecular flexibility index (Phi) is 6.29. The van der Waals surface area contributed by atoms with Crippen LogP contribution in [0.1, 0.15) is 24.1 Å². The Morgan fingerprint density at radius 3 is 2.05 bits per heavy atom. The van der Waals surface area contributed by atoms with Crippen molar-refractivity contribution < 1.29 is 4.79 Å². The molecule has 2 aromatic carbocycles. The van der Waals surface area contributed by atoms with Crippen molar-refractivity contribution >= 4 is 29.1 Å². The van der Waals surface area contributed by atoms with Gasteiger partial charge in [0.15, 0.2) is 4.84 Å². The number of carbonyl (C=O) groups excluding carboxylic acids is 1. The molecule has 1 amide bonds. The van der Waals surface area contributed by atoms with E-state index in [4.69, 9.17) is 23.2 Å². The van der Waals surface area contributed by atoms with Gasteiger partial charge in [-0.05, 0) is 24.5 Å². The standard InChI is InChI=1S/C18H19Cl2NO/c1-2-21(18(22)17(19)20)16(15-11-7-4-8-12-15)13-14-9-5-3-6-10-14/h3-12,16-17H,2,13H2,1H3. The van der Waals surface area contributed by atoms with Crippen LogP contribution in [0.25, 0.3) is 0 Å². The molecule has 4 heteroatoms. The van der Waals surface area contributed by atoms with Crippen LogP contribution in [0.5, 0.6) is 0 Å². The number of amides is 1. The van der Waals surface area contributed by atoms with Gasteiger partial charge in [-0.15, -0.1) is 0 Å². The lowest BCUT2D eigenvalue weighted by Crippen LogP contribution is -2.39. The van der Waals surface area contributed by atoms with Gasteiger partial charge in [-0.2, -0.15) is 0 Å². The molecule has 0 fully saturated rings. The second kappa shape index (κ2) is 8.21. The van der Waals surface area contributed by atoms with Crippen molar-refractivity contribution in [3.8, 4) is 0 Å². The van der Waals surface area contributed by atoms with E-state index in [1.165, 1.54) is 5.56 Å². The van der Waals surface area contributed by atoms with Gasteiger partial charge in [0, 0.05) is 6.54 Å². The van der Waals surface area contributed by atoms with Crippen molar-refractivity contribution in [1.82, 2.24) is 4.90 Å². The van der Waals surface area contributed by atoms with Crippen LogP contribution in [-0.4, -0.2) is 22.2 Å². The number of likely N-dealkylation sites (N-methyl/N-ethyl adjacent to an activating group) is 1. The molecule has 116 valence electrons. The summed E-state index contributed by atoms with van der Waals surface area (Å²) in [5, 5.41) is 0. The smallest absolute Gasteiger partial charge is 0.256 e. The zero-order chi connectivity index (χ0) is 15.9. The fraction of sp³-hybridized carbons (Fsp3) is 0.278. The largest absolute Gasteiger partial charge is 0.333 e. The number of halogens is 2. The molecule has 2 nitrogen and oxygen atoms in total. The van der Waals surface area contributed by atoms with E-state index < -0.39 is 4.84 Å². The van der Waals surface area contributed by atoms with E-state index in [2.05, 4.69) is 12.1 Å². The summed E-state index contributed by atoms with van der Waals surface area (Å²) in [7, 11) is 0. The third-order valence-corrected chi connectivity index (χ3v) is 4.02. The Morgan fingerprint density at radius 2 is 1.55 bits per heavy atom.